The first-order valence-electron chi connectivity index (χ1n) is 8.24. The Morgan fingerprint density at radius 2 is 2.12 bits per heavy atom. The van der Waals surface area contributed by atoms with Crippen LogP contribution in [0.15, 0.2) is 29.3 Å². The van der Waals surface area contributed by atoms with Crippen LogP contribution in [-0.4, -0.2) is 43.7 Å². The molecule has 2 fully saturated rings. The fourth-order valence-corrected chi connectivity index (χ4v) is 4.25. The maximum atomic E-state index is 6.28. The summed E-state index contributed by atoms with van der Waals surface area (Å²) in [5.74, 6) is 1.50. The van der Waals surface area contributed by atoms with Gasteiger partial charge in [0.15, 0.2) is 5.96 Å². The van der Waals surface area contributed by atoms with E-state index in [1.54, 1.807) is 0 Å². The van der Waals surface area contributed by atoms with Crippen molar-refractivity contribution in [1.82, 2.24) is 10.2 Å². The molecule has 6 heteroatoms. The first-order valence-corrected chi connectivity index (χ1v) is 8.62. The molecule has 1 N–H and O–H groups in total. The summed E-state index contributed by atoms with van der Waals surface area (Å²) in [5, 5.41) is 4.45. The minimum absolute atomic E-state index is 0. The predicted molar refractivity (Wildman–Crippen MR) is 110 cm³/mol. The van der Waals surface area contributed by atoms with Crippen LogP contribution in [0, 0.1) is 11.3 Å². The van der Waals surface area contributed by atoms with Gasteiger partial charge in [-0.3, -0.25) is 4.99 Å². The number of benzene rings is 1. The van der Waals surface area contributed by atoms with Crippen LogP contribution in [-0.2, 0) is 11.3 Å². The predicted octanol–water partition coefficient (Wildman–Crippen LogP) is 3.78. The number of hydrogen-bond acceptors (Lipinski definition) is 2. The van der Waals surface area contributed by atoms with Crippen molar-refractivity contribution in [3.63, 3.8) is 0 Å². The third-order valence-electron chi connectivity index (χ3n) is 5.32. The van der Waals surface area contributed by atoms with Gasteiger partial charge in [-0.05, 0) is 18.1 Å². The number of hydrogen-bond donors (Lipinski definition) is 1. The van der Waals surface area contributed by atoms with Crippen molar-refractivity contribution >= 4 is 41.5 Å². The molecule has 1 heterocycles. The van der Waals surface area contributed by atoms with Gasteiger partial charge in [-0.1, -0.05) is 43.6 Å². The lowest BCUT2D eigenvalue weighted by Gasteiger charge is -2.55. The molecular formula is C18H27ClIN3O. The average Bonchev–Trinajstić information content (AvgIpc) is 2.97. The Kier molecular flexibility index (Phi) is 6.42. The summed E-state index contributed by atoms with van der Waals surface area (Å²) in [6.45, 7) is 6.17. The van der Waals surface area contributed by atoms with Gasteiger partial charge in [0.25, 0.3) is 0 Å². The number of ether oxygens (including phenoxy) is 1. The van der Waals surface area contributed by atoms with Crippen molar-refractivity contribution < 1.29 is 4.74 Å². The quantitative estimate of drug-likeness (QED) is 0.421. The van der Waals surface area contributed by atoms with Gasteiger partial charge in [0.2, 0.25) is 0 Å². The van der Waals surface area contributed by atoms with Crippen LogP contribution in [0.1, 0.15) is 25.8 Å². The fraction of sp³-hybridized carbons (Fsp3) is 0.611. The molecule has 0 spiro atoms. The SMILES string of the molecule is CN=C(NC1C2CCOC2C1(C)C)N(C)Cc1ccccc1Cl.I. The minimum Gasteiger partial charge on any atom is -0.377 e. The van der Waals surface area contributed by atoms with Crippen molar-refractivity contribution in [2.24, 2.45) is 16.3 Å². The van der Waals surface area contributed by atoms with Gasteiger partial charge in [-0.25, -0.2) is 0 Å². The third kappa shape index (κ3) is 3.53. The molecule has 1 aromatic rings. The summed E-state index contributed by atoms with van der Waals surface area (Å²) >= 11 is 6.28. The van der Waals surface area contributed by atoms with E-state index < -0.39 is 0 Å². The van der Waals surface area contributed by atoms with Crippen LogP contribution in [0.5, 0.6) is 0 Å². The zero-order chi connectivity index (χ0) is 16.6. The molecule has 1 aliphatic carbocycles. The van der Waals surface area contributed by atoms with E-state index in [0.717, 1.165) is 36.1 Å². The van der Waals surface area contributed by atoms with Crippen LogP contribution in [0.3, 0.4) is 0 Å². The molecule has 1 aliphatic heterocycles. The van der Waals surface area contributed by atoms with Crippen molar-refractivity contribution in [3.8, 4) is 0 Å². The van der Waals surface area contributed by atoms with Gasteiger partial charge in [0, 0.05) is 49.6 Å². The molecule has 2 aliphatic rings. The topological polar surface area (TPSA) is 36.9 Å². The first-order chi connectivity index (χ1) is 10.9. The van der Waals surface area contributed by atoms with Gasteiger partial charge < -0.3 is 15.0 Å². The molecule has 24 heavy (non-hydrogen) atoms. The van der Waals surface area contributed by atoms with E-state index in [2.05, 4.69) is 35.1 Å². The molecule has 0 aromatic heterocycles. The molecule has 0 bridgehead atoms. The molecule has 134 valence electrons. The Balaban J connectivity index is 0.00000208. The van der Waals surface area contributed by atoms with Gasteiger partial charge in [-0.15, -0.1) is 24.0 Å². The van der Waals surface area contributed by atoms with E-state index >= 15 is 0 Å². The molecule has 3 unspecified atom stereocenters. The summed E-state index contributed by atoms with van der Waals surface area (Å²) in [6, 6.07) is 8.36. The highest BCUT2D eigenvalue weighted by molar-refractivity contribution is 14.0. The van der Waals surface area contributed by atoms with Crippen molar-refractivity contribution in [2.75, 3.05) is 20.7 Å². The smallest absolute Gasteiger partial charge is 0.193 e. The molecule has 1 saturated heterocycles. The van der Waals surface area contributed by atoms with E-state index in [-0.39, 0.29) is 29.4 Å². The van der Waals surface area contributed by atoms with Crippen LogP contribution < -0.4 is 5.32 Å². The molecule has 1 saturated carbocycles. The Labute approximate surface area is 167 Å². The largest absolute Gasteiger partial charge is 0.377 e. The maximum Gasteiger partial charge on any atom is 0.193 e. The highest BCUT2D eigenvalue weighted by Crippen LogP contribution is 2.52. The van der Waals surface area contributed by atoms with Gasteiger partial charge >= 0.3 is 0 Å². The lowest BCUT2D eigenvalue weighted by molar-refractivity contribution is -0.107. The second kappa shape index (κ2) is 7.79. The first kappa shape index (κ1) is 19.8. The van der Waals surface area contributed by atoms with Crippen molar-refractivity contribution in [3.05, 3.63) is 34.9 Å². The zero-order valence-corrected chi connectivity index (χ0v) is 17.8. The highest BCUT2D eigenvalue weighted by Gasteiger charge is 2.59. The Hall–Kier alpha value is -0.530. The number of halogens is 2. The average molecular weight is 464 g/mol. The normalized spacial score (nSPS) is 27.7. The molecule has 4 nitrogen and oxygen atoms in total. The monoisotopic (exact) mass is 463 g/mol. The van der Waals surface area contributed by atoms with E-state index in [1.165, 1.54) is 0 Å². The van der Waals surface area contributed by atoms with Crippen LogP contribution in [0.25, 0.3) is 0 Å². The standard InChI is InChI=1S/C18H26ClN3O.HI/c1-18(2)15(13-9-10-23-16(13)18)21-17(20-3)22(4)11-12-7-5-6-8-14(12)19;/h5-8,13,15-16H,9-11H2,1-4H3,(H,20,21);1H. The second-order valence-corrected chi connectivity index (χ2v) is 7.59. The number of fused-ring (bicyclic) bond motifs is 1. The van der Waals surface area contributed by atoms with Crippen molar-refractivity contribution in [2.45, 2.75) is 39.0 Å². The van der Waals surface area contributed by atoms with Gasteiger partial charge in [0.1, 0.15) is 0 Å². The van der Waals surface area contributed by atoms with Crippen molar-refractivity contribution in [1.29, 1.82) is 0 Å². The summed E-state index contributed by atoms with van der Waals surface area (Å²) in [7, 11) is 3.88. The number of aliphatic imine (C=N–C) groups is 1. The van der Waals surface area contributed by atoms with Crippen LogP contribution in [0.2, 0.25) is 5.02 Å². The maximum absolute atomic E-state index is 6.28. The second-order valence-electron chi connectivity index (χ2n) is 7.18. The lowest BCUT2D eigenvalue weighted by atomic mass is 9.57. The highest BCUT2D eigenvalue weighted by atomic mass is 127. The molecular weight excluding hydrogens is 437 g/mol. The Morgan fingerprint density at radius 1 is 1.42 bits per heavy atom. The number of rotatable bonds is 3. The summed E-state index contributed by atoms with van der Waals surface area (Å²) in [4.78, 5) is 6.59. The summed E-state index contributed by atoms with van der Waals surface area (Å²) in [5.41, 5.74) is 1.25. The number of nitrogens with one attached hydrogen (secondary N) is 1. The van der Waals surface area contributed by atoms with E-state index in [4.69, 9.17) is 16.3 Å². The van der Waals surface area contributed by atoms with E-state index in [0.29, 0.717) is 18.1 Å². The van der Waals surface area contributed by atoms with Gasteiger partial charge in [0.05, 0.1) is 6.10 Å². The summed E-state index contributed by atoms with van der Waals surface area (Å²) < 4.78 is 5.87. The zero-order valence-electron chi connectivity index (χ0n) is 14.8. The van der Waals surface area contributed by atoms with Crippen LogP contribution >= 0.6 is 35.6 Å². The molecule has 3 atom stereocenters. The third-order valence-corrected chi connectivity index (χ3v) is 5.69. The van der Waals surface area contributed by atoms with E-state index in [1.807, 2.05) is 32.3 Å². The number of guanidine groups is 1. The molecule has 1 aromatic carbocycles. The summed E-state index contributed by atoms with van der Waals surface area (Å²) in [6.07, 6.45) is 1.52. The number of nitrogens with zero attached hydrogens (tertiary/aromatic N) is 2. The Morgan fingerprint density at radius 3 is 2.79 bits per heavy atom. The molecule has 0 amide bonds. The lowest BCUT2D eigenvalue weighted by Crippen LogP contribution is -2.67. The fourth-order valence-electron chi connectivity index (χ4n) is 4.06. The molecule has 3 rings (SSSR count). The molecule has 0 radical (unpaired) electrons. The van der Waals surface area contributed by atoms with Crippen LogP contribution in [0.4, 0.5) is 0 Å². The van der Waals surface area contributed by atoms with Gasteiger partial charge in [-0.2, -0.15) is 0 Å². The van der Waals surface area contributed by atoms with E-state index in [9.17, 15) is 0 Å². The minimum atomic E-state index is 0. The Bertz CT molecular complexity index is 608.